The second kappa shape index (κ2) is 7.66. The van der Waals surface area contributed by atoms with Gasteiger partial charge in [0.2, 0.25) is 0 Å². The first-order valence-electron chi connectivity index (χ1n) is 14.2. The summed E-state index contributed by atoms with van der Waals surface area (Å²) in [6, 6.07) is 45.5. The van der Waals surface area contributed by atoms with E-state index in [4.69, 9.17) is 4.42 Å². The van der Waals surface area contributed by atoms with Gasteiger partial charge < -0.3 is 8.98 Å². The molecule has 0 aliphatic carbocycles. The molecule has 10 aromatic rings. The van der Waals surface area contributed by atoms with Crippen LogP contribution >= 0.6 is 0 Å². The molecule has 0 amide bonds. The van der Waals surface area contributed by atoms with Gasteiger partial charge in [0.1, 0.15) is 11.2 Å². The van der Waals surface area contributed by atoms with Crippen LogP contribution in [0, 0.1) is 11.3 Å². The highest BCUT2D eigenvalue weighted by molar-refractivity contribution is 6.35. The lowest BCUT2D eigenvalue weighted by molar-refractivity contribution is 0.669. The van der Waals surface area contributed by atoms with E-state index in [0.29, 0.717) is 5.56 Å². The molecule has 3 heteroatoms. The smallest absolute Gasteiger partial charge is 0.137 e. The molecule has 0 aliphatic heterocycles. The number of rotatable bonds is 1. The van der Waals surface area contributed by atoms with Crippen molar-refractivity contribution in [2.24, 2.45) is 0 Å². The van der Waals surface area contributed by atoms with Crippen molar-refractivity contribution in [2.45, 2.75) is 0 Å². The van der Waals surface area contributed by atoms with Crippen LogP contribution in [0.5, 0.6) is 0 Å². The lowest BCUT2D eigenvalue weighted by atomic mass is 9.92. The van der Waals surface area contributed by atoms with Crippen LogP contribution in [0.25, 0.3) is 92.5 Å². The van der Waals surface area contributed by atoms with Gasteiger partial charge in [-0.25, -0.2) is 0 Å². The molecule has 0 spiro atoms. The zero-order valence-corrected chi connectivity index (χ0v) is 22.3. The third-order valence-corrected chi connectivity index (χ3v) is 9.12. The summed E-state index contributed by atoms with van der Waals surface area (Å²) >= 11 is 0. The van der Waals surface area contributed by atoms with Crippen molar-refractivity contribution in [2.75, 3.05) is 0 Å². The highest BCUT2D eigenvalue weighted by atomic mass is 16.3. The number of aromatic nitrogens is 1. The van der Waals surface area contributed by atoms with Crippen molar-refractivity contribution in [3.63, 3.8) is 0 Å². The fourth-order valence-corrected chi connectivity index (χ4v) is 7.38. The Morgan fingerprint density at radius 2 is 1.07 bits per heavy atom. The second-order valence-electron chi connectivity index (χ2n) is 11.2. The first kappa shape index (κ1) is 21.9. The van der Waals surface area contributed by atoms with Gasteiger partial charge in [-0.05, 0) is 86.2 Å². The number of fused-ring (bicyclic) bond motifs is 9. The molecule has 2 heterocycles. The first-order chi connectivity index (χ1) is 20.8. The topological polar surface area (TPSA) is 41.9 Å². The quantitative estimate of drug-likeness (QED) is 0.156. The summed E-state index contributed by atoms with van der Waals surface area (Å²) in [5, 5.41) is 24.1. The molecule has 42 heavy (non-hydrogen) atoms. The fraction of sp³-hybridized carbons (Fsp3) is 0. The molecule has 0 fully saturated rings. The Labute approximate surface area is 239 Å². The van der Waals surface area contributed by atoms with Crippen molar-refractivity contribution in [3.05, 3.63) is 127 Å². The van der Waals surface area contributed by atoms with Crippen LogP contribution < -0.4 is 0 Å². The van der Waals surface area contributed by atoms with E-state index in [1.54, 1.807) is 0 Å². The zero-order chi connectivity index (χ0) is 27.5. The minimum absolute atomic E-state index is 0.630. The van der Waals surface area contributed by atoms with Crippen molar-refractivity contribution in [3.8, 4) is 11.8 Å². The van der Waals surface area contributed by atoms with Gasteiger partial charge in [0.15, 0.2) is 0 Å². The van der Waals surface area contributed by atoms with Gasteiger partial charge >= 0.3 is 0 Å². The Morgan fingerprint density at radius 3 is 1.74 bits per heavy atom. The van der Waals surface area contributed by atoms with Crippen LogP contribution in [-0.2, 0) is 0 Å². The van der Waals surface area contributed by atoms with Crippen LogP contribution in [0.1, 0.15) is 5.56 Å². The summed E-state index contributed by atoms with van der Waals surface area (Å²) in [6.45, 7) is 0. The highest BCUT2D eigenvalue weighted by Gasteiger charge is 2.21. The van der Waals surface area contributed by atoms with E-state index in [1.807, 2.05) is 24.3 Å². The molecule has 0 unspecified atom stereocenters. The Hall–Kier alpha value is -5.85. The minimum Gasteiger partial charge on any atom is -0.456 e. The van der Waals surface area contributed by atoms with E-state index in [1.165, 1.54) is 54.1 Å². The van der Waals surface area contributed by atoms with Crippen LogP contribution in [0.15, 0.2) is 126 Å². The molecule has 0 atom stereocenters. The van der Waals surface area contributed by atoms with Crippen molar-refractivity contribution < 1.29 is 4.42 Å². The van der Waals surface area contributed by atoms with Crippen LogP contribution in [-0.4, -0.2) is 4.57 Å². The molecule has 0 aliphatic rings. The summed E-state index contributed by atoms with van der Waals surface area (Å²) in [5.74, 6) is 0. The minimum atomic E-state index is 0.630. The Balaban J connectivity index is 1.36. The fourth-order valence-electron chi connectivity index (χ4n) is 7.38. The normalized spacial score (nSPS) is 12.3. The molecule has 0 bridgehead atoms. The third kappa shape index (κ3) is 2.64. The van der Waals surface area contributed by atoms with Crippen LogP contribution in [0.2, 0.25) is 0 Å². The van der Waals surface area contributed by atoms with Crippen molar-refractivity contribution >= 4 is 86.8 Å². The lowest BCUT2D eigenvalue weighted by Crippen LogP contribution is -1.93. The molecule has 0 saturated carbocycles. The monoisotopic (exact) mass is 532 g/mol. The van der Waals surface area contributed by atoms with Gasteiger partial charge in [0.25, 0.3) is 0 Å². The number of nitriles is 1. The number of benzene rings is 8. The average molecular weight is 533 g/mol. The maximum Gasteiger partial charge on any atom is 0.137 e. The number of hydrogen-bond acceptors (Lipinski definition) is 2. The standard InChI is InChI=1S/C39H20N2O/c40-21-24-19-36-37(27-10-4-3-9-26(24)27)32-20-25(15-16-35(32)42-36)41-33-13-5-11-28-30-17-22-7-1-2-8-23(22)18-31(30)29-12-6-14-34(41)39(29)38(28)33/h1-20H. The Morgan fingerprint density at radius 1 is 0.476 bits per heavy atom. The van der Waals surface area contributed by atoms with Crippen LogP contribution in [0.3, 0.4) is 0 Å². The summed E-state index contributed by atoms with van der Waals surface area (Å²) in [6.07, 6.45) is 0. The molecule has 0 saturated heterocycles. The lowest BCUT2D eigenvalue weighted by Gasteiger charge is -2.10. The molecular weight excluding hydrogens is 512 g/mol. The Bertz CT molecular complexity index is 2700. The molecule has 192 valence electrons. The molecule has 10 rings (SSSR count). The molecule has 8 aromatic carbocycles. The summed E-state index contributed by atoms with van der Waals surface area (Å²) < 4.78 is 8.71. The largest absolute Gasteiger partial charge is 0.456 e. The van der Waals surface area contributed by atoms with Gasteiger partial charge in [-0.2, -0.15) is 5.26 Å². The highest BCUT2D eigenvalue weighted by Crippen LogP contribution is 2.45. The predicted octanol–water partition coefficient (Wildman–Crippen LogP) is 10.6. The SMILES string of the molecule is N#Cc1cc2oc3ccc(-n4c5cccc6c7cc8ccccc8cc7c7cccc4c7c65)cc3c2c2ccccc12. The van der Waals surface area contributed by atoms with E-state index in [0.717, 1.165) is 38.4 Å². The molecule has 3 nitrogen and oxygen atoms in total. The van der Waals surface area contributed by atoms with E-state index in [2.05, 4.69) is 108 Å². The van der Waals surface area contributed by atoms with Gasteiger partial charge in [-0.1, -0.05) is 72.8 Å². The van der Waals surface area contributed by atoms with Gasteiger partial charge in [-0.3, -0.25) is 0 Å². The molecule has 0 N–H and O–H groups in total. The number of hydrogen-bond donors (Lipinski definition) is 0. The van der Waals surface area contributed by atoms with E-state index >= 15 is 0 Å². The van der Waals surface area contributed by atoms with Crippen molar-refractivity contribution in [1.29, 1.82) is 5.26 Å². The molecular formula is C39H20N2O. The number of furan rings is 1. The van der Waals surface area contributed by atoms with Crippen LogP contribution in [0.4, 0.5) is 0 Å². The average Bonchev–Trinajstić information content (AvgIpc) is 3.59. The van der Waals surface area contributed by atoms with E-state index in [-0.39, 0.29) is 0 Å². The third-order valence-electron chi connectivity index (χ3n) is 9.12. The number of nitrogens with zero attached hydrogens (tertiary/aromatic N) is 2. The van der Waals surface area contributed by atoms with E-state index in [9.17, 15) is 5.26 Å². The maximum atomic E-state index is 9.82. The van der Waals surface area contributed by atoms with E-state index < -0.39 is 0 Å². The first-order valence-corrected chi connectivity index (χ1v) is 14.2. The maximum absolute atomic E-state index is 9.82. The Kier molecular flexibility index (Phi) is 4.00. The zero-order valence-electron chi connectivity index (χ0n) is 22.3. The summed E-state index contributed by atoms with van der Waals surface area (Å²) in [7, 11) is 0. The van der Waals surface area contributed by atoms with Gasteiger partial charge in [0, 0.05) is 32.6 Å². The van der Waals surface area contributed by atoms with Gasteiger partial charge in [0.05, 0.1) is 22.7 Å². The second-order valence-corrected chi connectivity index (χ2v) is 11.2. The molecule has 0 radical (unpaired) electrons. The summed E-state index contributed by atoms with van der Waals surface area (Å²) in [5.41, 5.74) is 5.66. The summed E-state index contributed by atoms with van der Waals surface area (Å²) in [4.78, 5) is 0. The van der Waals surface area contributed by atoms with Crippen molar-refractivity contribution in [1.82, 2.24) is 4.57 Å². The van der Waals surface area contributed by atoms with Gasteiger partial charge in [-0.15, -0.1) is 0 Å². The molecule has 2 aromatic heterocycles. The predicted molar refractivity (Wildman–Crippen MR) is 174 cm³/mol.